The molecule has 1 aromatic heterocycles. The number of hydrogen-bond donors (Lipinski definition) is 0. The molecule has 3 nitrogen and oxygen atoms in total. The molecule has 0 atom stereocenters. The van der Waals surface area contributed by atoms with E-state index in [1.807, 2.05) is 13.0 Å². The molecular formula is C17H10F3N3S. The molecule has 2 aromatic carbocycles. The van der Waals surface area contributed by atoms with Gasteiger partial charge in [-0.15, -0.1) is 0 Å². The number of hydrogen-bond acceptors (Lipinski definition) is 4. The van der Waals surface area contributed by atoms with Gasteiger partial charge in [0.2, 0.25) is 5.82 Å². The first-order chi connectivity index (χ1) is 11.4. The van der Waals surface area contributed by atoms with Gasteiger partial charge >= 0.3 is 6.18 Å². The molecule has 120 valence electrons. The van der Waals surface area contributed by atoms with E-state index >= 15 is 0 Å². The van der Waals surface area contributed by atoms with Crippen molar-refractivity contribution in [1.82, 2.24) is 9.97 Å². The van der Waals surface area contributed by atoms with E-state index in [1.54, 1.807) is 42.5 Å². The molecule has 0 unspecified atom stereocenters. The van der Waals surface area contributed by atoms with Crippen LogP contribution < -0.4 is 0 Å². The van der Waals surface area contributed by atoms with Crippen LogP contribution in [0.3, 0.4) is 0 Å². The van der Waals surface area contributed by atoms with Crippen LogP contribution in [0.4, 0.5) is 13.2 Å². The number of aromatic nitrogens is 2. The van der Waals surface area contributed by atoms with Gasteiger partial charge in [0.25, 0.3) is 0 Å². The van der Waals surface area contributed by atoms with Crippen LogP contribution >= 0.6 is 11.8 Å². The first kappa shape index (κ1) is 16.3. The topological polar surface area (TPSA) is 49.6 Å². The van der Waals surface area contributed by atoms with Crippen LogP contribution in [0.5, 0.6) is 0 Å². The second kappa shape index (κ2) is 6.13. The van der Waals surface area contributed by atoms with Gasteiger partial charge in [-0.05, 0) is 31.2 Å². The molecule has 0 fully saturated rings. The zero-order valence-corrected chi connectivity index (χ0v) is 13.2. The predicted octanol–water partition coefficient (Wildman–Crippen LogP) is 4.98. The van der Waals surface area contributed by atoms with Crippen LogP contribution in [0.2, 0.25) is 0 Å². The van der Waals surface area contributed by atoms with Gasteiger partial charge in [-0.2, -0.15) is 18.4 Å². The fraction of sp³-hybridized carbons (Fsp3) is 0.118. The van der Waals surface area contributed by atoms with E-state index in [0.29, 0.717) is 15.8 Å². The summed E-state index contributed by atoms with van der Waals surface area (Å²) >= 11 is 1.03. The molecule has 0 bridgehead atoms. The quantitative estimate of drug-likeness (QED) is 0.615. The van der Waals surface area contributed by atoms with Crippen molar-refractivity contribution in [1.29, 1.82) is 5.26 Å². The zero-order chi connectivity index (χ0) is 17.3. The number of rotatable bonds is 2. The molecular weight excluding hydrogens is 335 g/mol. The average molecular weight is 345 g/mol. The summed E-state index contributed by atoms with van der Waals surface area (Å²) in [6.07, 6.45) is -4.64. The van der Waals surface area contributed by atoms with Crippen molar-refractivity contribution in [3.8, 4) is 6.07 Å². The first-order valence-electron chi connectivity index (χ1n) is 6.91. The lowest BCUT2D eigenvalue weighted by atomic mass is 10.2. The van der Waals surface area contributed by atoms with Crippen molar-refractivity contribution in [3.63, 3.8) is 0 Å². The molecule has 1 heterocycles. The average Bonchev–Trinajstić information content (AvgIpc) is 2.54. The third-order valence-corrected chi connectivity index (χ3v) is 4.36. The number of fused-ring (bicyclic) bond motifs is 1. The number of aryl methyl sites for hydroxylation is 1. The Bertz CT molecular complexity index is 961. The monoisotopic (exact) mass is 345 g/mol. The summed E-state index contributed by atoms with van der Waals surface area (Å²) in [5.41, 5.74) is 1.50. The van der Waals surface area contributed by atoms with Crippen molar-refractivity contribution >= 4 is 22.7 Å². The molecule has 0 N–H and O–H groups in total. The summed E-state index contributed by atoms with van der Waals surface area (Å²) in [4.78, 5) is 7.87. The molecule has 0 spiro atoms. The van der Waals surface area contributed by atoms with Gasteiger partial charge in [-0.3, -0.25) is 0 Å². The summed E-state index contributed by atoms with van der Waals surface area (Å²) < 4.78 is 39.2. The minimum absolute atomic E-state index is 0.179. The summed E-state index contributed by atoms with van der Waals surface area (Å²) in [5.74, 6) is -1.18. The molecule has 0 aliphatic carbocycles. The summed E-state index contributed by atoms with van der Waals surface area (Å²) in [6.45, 7) is 1.84. The van der Waals surface area contributed by atoms with Gasteiger partial charge in [0.15, 0.2) is 0 Å². The van der Waals surface area contributed by atoms with Crippen molar-refractivity contribution in [2.45, 2.75) is 23.0 Å². The van der Waals surface area contributed by atoms with E-state index in [1.165, 1.54) is 0 Å². The van der Waals surface area contributed by atoms with Gasteiger partial charge < -0.3 is 0 Å². The highest BCUT2D eigenvalue weighted by molar-refractivity contribution is 7.99. The molecule has 0 saturated carbocycles. The van der Waals surface area contributed by atoms with E-state index in [-0.39, 0.29) is 10.5 Å². The van der Waals surface area contributed by atoms with E-state index in [4.69, 9.17) is 5.26 Å². The van der Waals surface area contributed by atoms with Crippen LogP contribution in [0.25, 0.3) is 10.9 Å². The predicted molar refractivity (Wildman–Crippen MR) is 84.6 cm³/mol. The molecule has 0 saturated heterocycles. The summed E-state index contributed by atoms with van der Waals surface area (Å²) in [6, 6.07) is 13.7. The normalized spacial score (nSPS) is 11.5. The highest BCUT2D eigenvalue weighted by Crippen LogP contribution is 2.36. The largest absolute Gasteiger partial charge is 0.451 e. The Labute approximate surface area is 140 Å². The maximum atomic E-state index is 13.1. The molecule has 7 heteroatoms. The molecule has 0 amide bonds. The van der Waals surface area contributed by atoms with Crippen molar-refractivity contribution in [2.75, 3.05) is 0 Å². The summed E-state index contributed by atoms with van der Waals surface area (Å²) in [7, 11) is 0. The number of alkyl halides is 3. The minimum Gasteiger partial charge on any atom is -0.224 e. The highest BCUT2D eigenvalue weighted by atomic mass is 32.2. The Kier molecular flexibility index (Phi) is 4.16. The fourth-order valence-electron chi connectivity index (χ4n) is 2.17. The van der Waals surface area contributed by atoms with E-state index in [9.17, 15) is 13.2 Å². The second-order valence-electron chi connectivity index (χ2n) is 5.08. The Morgan fingerprint density at radius 3 is 2.54 bits per heavy atom. The molecule has 0 radical (unpaired) electrons. The van der Waals surface area contributed by atoms with Crippen LogP contribution in [0.1, 0.15) is 17.0 Å². The number of nitrogens with zero attached hydrogens (tertiary/aromatic N) is 3. The standard InChI is InChI=1S/C17H10F3N3S/c1-10-6-7-13-12(8-10)15(23-16(22-13)17(18,19)20)24-14-5-3-2-4-11(14)9-21/h2-8H,1H3. The van der Waals surface area contributed by atoms with E-state index in [2.05, 4.69) is 9.97 Å². The lowest BCUT2D eigenvalue weighted by molar-refractivity contribution is -0.145. The van der Waals surface area contributed by atoms with Gasteiger partial charge in [0, 0.05) is 10.3 Å². The molecule has 3 rings (SSSR count). The maximum absolute atomic E-state index is 13.1. The maximum Gasteiger partial charge on any atom is 0.451 e. The Morgan fingerprint density at radius 1 is 1.08 bits per heavy atom. The van der Waals surface area contributed by atoms with Crippen molar-refractivity contribution < 1.29 is 13.2 Å². The SMILES string of the molecule is Cc1ccc2nc(C(F)(F)F)nc(Sc3ccccc3C#N)c2c1. The van der Waals surface area contributed by atoms with Crippen molar-refractivity contribution in [3.05, 3.63) is 59.4 Å². The van der Waals surface area contributed by atoms with E-state index in [0.717, 1.165) is 17.3 Å². The second-order valence-corrected chi connectivity index (χ2v) is 6.11. The summed E-state index contributed by atoms with van der Waals surface area (Å²) in [5, 5.41) is 9.87. The molecule has 3 aromatic rings. The lowest BCUT2D eigenvalue weighted by Crippen LogP contribution is -2.11. The zero-order valence-electron chi connectivity index (χ0n) is 12.4. The van der Waals surface area contributed by atoms with Crippen LogP contribution in [-0.4, -0.2) is 9.97 Å². The van der Waals surface area contributed by atoms with Crippen LogP contribution in [-0.2, 0) is 6.18 Å². The Morgan fingerprint density at radius 2 is 1.83 bits per heavy atom. The third kappa shape index (κ3) is 3.19. The number of nitriles is 1. The lowest BCUT2D eigenvalue weighted by Gasteiger charge is -2.11. The minimum atomic E-state index is -4.64. The van der Waals surface area contributed by atoms with Crippen LogP contribution in [0, 0.1) is 18.3 Å². The molecule has 24 heavy (non-hydrogen) atoms. The van der Waals surface area contributed by atoms with Crippen molar-refractivity contribution in [2.24, 2.45) is 0 Å². The Balaban J connectivity index is 2.21. The van der Waals surface area contributed by atoms with Gasteiger partial charge in [0.05, 0.1) is 11.1 Å². The van der Waals surface area contributed by atoms with Gasteiger partial charge in [-0.25, -0.2) is 9.97 Å². The third-order valence-electron chi connectivity index (χ3n) is 3.28. The number of benzene rings is 2. The smallest absolute Gasteiger partial charge is 0.224 e. The highest BCUT2D eigenvalue weighted by Gasteiger charge is 2.35. The Hall–Kier alpha value is -2.59. The van der Waals surface area contributed by atoms with Gasteiger partial charge in [-0.1, -0.05) is 35.5 Å². The molecule has 0 aliphatic heterocycles. The van der Waals surface area contributed by atoms with Crippen LogP contribution in [0.15, 0.2) is 52.4 Å². The number of halogens is 3. The van der Waals surface area contributed by atoms with E-state index < -0.39 is 12.0 Å². The van der Waals surface area contributed by atoms with Gasteiger partial charge in [0.1, 0.15) is 11.1 Å². The molecule has 0 aliphatic rings. The fourth-order valence-corrected chi connectivity index (χ4v) is 3.16. The first-order valence-corrected chi connectivity index (χ1v) is 7.73.